The lowest BCUT2D eigenvalue weighted by molar-refractivity contribution is 0.438. The molecule has 1 aliphatic rings. The molecule has 2 nitrogen and oxygen atoms in total. The summed E-state index contributed by atoms with van der Waals surface area (Å²) in [7, 11) is 0. The molecule has 1 fully saturated rings. The van der Waals surface area contributed by atoms with Crippen LogP contribution in [-0.2, 0) is 5.88 Å². The van der Waals surface area contributed by atoms with Crippen LogP contribution in [0.1, 0.15) is 37.1 Å². The van der Waals surface area contributed by atoms with E-state index in [1.165, 1.54) is 12.8 Å². The minimum absolute atomic E-state index is 0.415. The average Bonchev–Trinajstić information content (AvgIpc) is 2.93. The summed E-state index contributed by atoms with van der Waals surface area (Å²) in [5, 5.41) is 5.16. The highest BCUT2D eigenvalue weighted by Gasteiger charge is 2.31. The molecule has 0 aliphatic heterocycles. The molecule has 0 aromatic carbocycles. The first-order valence-electron chi connectivity index (χ1n) is 4.94. The quantitative estimate of drug-likeness (QED) is 0.730. The largest absolute Gasteiger partial charge is 0.250 e. The summed E-state index contributed by atoms with van der Waals surface area (Å²) in [6.45, 7) is 4.13. The second kappa shape index (κ2) is 3.74. The molecule has 1 aliphatic carbocycles. The van der Waals surface area contributed by atoms with Gasteiger partial charge in [0.05, 0.1) is 17.6 Å². The number of alkyl halides is 1. The van der Waals surface area contributed by atoms with Crippen molar-refractivity contribution in [1.82, 2.24) is 9.78 Å². The number of nitrogens with zero attached hydrogens (tertiary/aromatic N) is 2. The van der Waals surface area contributed by atoms with Gasteiger partial charge in [0.2, 0.25) is 0 Å². The summed E-state index contributed by atoms with van der Waals surface area (Å²) in [6.07, 6.45) is 2.60. The molecular weight excluding hydrogens is 219 g/mol. The topological polar surface area (TPSA) is 17.8 Å². The summed E-state index contributed by atoms with van der Waals surface area (Å²) in [6, 6.07) is 0.415. The van der Waals surface area contributed by atoms with E-state index in [4.69, 9.17) is 23.2 Å². The van der Waals surface area contributed by atoms with Crippen molar-refractivity contribution < 1.29 is 0 Å². The van der Waals surface area contributed by atoms with Gasteiger partial charge in [-0.15, -0.1) is 11.6 Å². The minimum atomic E-state index is 0.415. The van der Waals surface area contributed by atoms with Crippen LogP contribution in [-0.4, -0.2) is 9.78 Å². The molecule has 0 amide bonds. The fourth-order valence-electron chi connectivity index (χ4n) is 1.75. The molecule has 4 heteroatoms. The average molecular weight is 233 g/mol. The highest BCUT2D eigenvalue weighted by molar-refractivity contribution is 6.31. The van der Waals surface area contributed by atoms with Crippen molar-refractivity contribution in [2.45, 2.75) is 38.6 Å². The van der Waals surface area contributed by atoms with Gasteiger partial charge in [0.25, 0.3) is 0 Å². The summed E-state index contributed by atoms with van der Waals surface area (Å²) in [4.78, 5) is 0. The number of halogens is 2. The van der Waals surface area contributed by atoms with Crippen LogP contribution >= 0.6 is 23.2 Å². The number of hydrogen-bond acceptors (Lipinski definition) is 1. The zero-order valence-electron chi connectivity index (χ0n) is 8.43. The maximum absolute atomic E-state index is 6.21. The van der Waals surface area contributed by atoms with E-state index in [-0.39, 0.29) is 0 Å². The normalized spacial score (nSPS) is 18.6. The maximum atomic E-state index is 6.21. The van der Waals surface area contributed by atoms with Gasteiger partial charge in [0.15, 0.2) is 0 Å². The second-order valence-corrected chi connectivity index (χ2v) is 4.64. The molecule has 14 heavy (non-hydrogen) atoms. The molecule has 1 heterocycles. The molecule has 0 N–H and O–H groups in total. The molecule has 78 valence electrons. The first kappa shape index (κ1) is 10.3. The molecule has 1 unspecified atom stereocenters. The smallest absolute Gasteiger partial charge is 0.132 e. The molecule has 0 saturated heterocycles. The highest BCUT2D eigenvalue weighted by atomic mass is 35.5. The van der Waals surface area contributed by atoms with Gasteiger partial charge in [-0.25, -0.2) is 0 Å². The lowest BCUT2D eigenvalue weighted by Crippen LogP contribution is -2.09. The van der Waals surface area contributed by atoms with Crippen molar-refractivity contribution >= 4 is 23.2 Å². The highest BCUT2D eigenvalue weighted by Crippen LogP contribution is 2.41. The van der Waals surface area contributed by atoms with Gasteiger partial charge in [-0.3, -0.25) is 4.68 Å². The van der Waals surface area contributed by atoms with Gasteiger partial charge in [-0.05, 0) is 32.6 Å². The lowest BCUT2D eigenvalue weighted by atomic mass is 10.2. The van der Waals surface area contributed by atoms with E-state index >= 15 is 0 Å². The van der Waals surface area contributed by atoms with Crippen molar-refractivity contribution in [2.75, 3.05) is 0 Å². The summed E-state index contributed by atoms with van der Waals surface area (Å²) in [5.41, 5.74) is 1.93. The zero-order chi connectivity index (χ0) is 10.3. The number of hydrogen-bond donors (Lipinski definition) is 0. The first-order chi connectivity index (χ1) is 6.65. The Bertz CT molecular complexity index is 342. The fraction of sp³-hybridized carbons (Fsp3) is 0.700. The third-order valence-corrected chi connectivity index (χ3v) is 3.64. The molecule has 1 atom stereocenters. The lowest BCUT2D eigenvalue weighted by Gasteiger charge is -2.11. The van der Waals surface area contributed by atoms with Crippen molar-refractivity contribution in [3.05, 3.63) is 16.4 Å². The van der Waals surface area contributed by atoms with Crippen LogP contribution in [0.4, 0.5) is 0 Å². The van der Waals surface area contributed by atoms with Crippen molar-refractivity contribution in [3.8, 4) is 0 Å². The summed E-state index contributed by atoms with van der Waals surface area (Å²) in [5.74, 6) is 1.21. The van der Waals surface area contributed by atoms with Crippen LogP contribution in [0.3, 0.4) is 0 Å². The Hall–Kier alpha value is -0.210. The van der Waals surface area contributed by atoms with Crippen LogP contribution in [0, 0.1) is 12.8 Å². The Kier molecular flexibility index (Phi) is 2.76. The molecule has 0 spiro atoms. The monoisotopic (exact) mass is 232 g/mol. The van der Waals surface area contributed by atoms with Crippen molar-refractivity contribution in [2.24, 2.45) is 5.92 Å². The van der Waals surface area contributed by atoms with Crippen LogP contribution in [0.5, 0.6) is 0 Å². The Morgan fingerprint density at radius 1 is 1.57 bits per heavy atom. The summed E-state index contributed by atoms with van der Waals surface area (Å²) < 4.78 is 1.92. The van der Waals surface area contributed by atoms with E-state index < -0.39 is 0 Å². The minimum Gasteiger partial charge on any atom is -0.250 e. The Morgan fingerprint density at radius 3 is 2.64 bits per heavy atom. The predicted octanol–water partition coefficient (Wildman–Crippen LogP) is 3.55. The van der Waals surface area contributed by atoms with Gasteiger partial charge >= 0.3 is 0 Å². The van der Waals surface area contributed by atoms with Crippen LogP contribution in [0.15, 0.2) is 0 Å². The van der Waals surface area contributed by atoms with Crippen molar-refractivity contribution in [3.63, 3.8) is 0 Å². The SMILES string of the molecule is Cc1nn(C(C)C2CC2)c(Cl)c1CCl. The molecule has 0 bridgehead atoms. The van der Waals surface area contributed by atoms with E-state index in [1.54, 1.807) is 0 Å². The molecule has 1 aromatic rings. The van der Waals surface area contributed by atoms with Crippen LogP contribution < -0.4 is 0 Å². The standard InChI is InChI=1S/C10H14Cl2N2/c1-6-9(5-11)10(12)14(13-6)7(2)8-3-4-8/h7-8H,3-5H2,1-2H3. The Balaban J connectivity index is 2.33. The van der Waals surface area contributed by atoms with Gasteiger partial charge in [-0.1, -0.05) is 11.6 Å². The van der Waals surface area contributed by atoms with Crippen LogP contribution in [0.2, 0.25) is 5.15 Å². The third kappa shape index (κ3) is 1.66. The van der Waals surface area contributed by atoms with E-state index in [0.29, 0.717) is 11.9 Å². The van der Waals surface area contributed by atoms with Gasteiger partial charge in [-0.2, -0.15) is 5.10 Å². The maximum Gasteiger partial charge on any atom is 0.132 e. The second-order valence-electron chi connectivity index (χ2n) is 4.01. The fourth-order valence-corrected chi connectivity index (χ4v) is 2.54. The Morgan fingerprint density at radius 2 is 2.21 bits per heavy atom. The molecule has 1 aromatic heterocycles. The van der Waals surface area contributed by atoms with E-state index in [9.17, 15) is 0 Å². The van der Waals surface area contributed by atoms with Crippen LogP contribution in [0.25, 0.3) is 0 Å². The number of rotatable bonds is 3. The summed E-state index contributed by atoms with van der Waals surface area (Å²) >= 11 is 12.0. The van der Waals surface area contributed by atoms with E-state index in [1.807, 2.05) is 11.6 Å². The Labute approximate surface area is 94.2 Å². The zero-order valence-corrected chi connectivity index (χ0v) is 9.94. The first-order valence-corrected chi connectivity index (χ1v) is 5.85. The third-order valence-electron chi connectivity index (χ3n) is 2.97. The number of aromatic nitrogens is 2. The number of aryl methyl sites for hydroxylation is 1. The van der Waals surface area contributed by atoms with Gasteiger partial charge < -0.3 is 0 Å². The van der Waals surface area contributed by atoms with E-state index in [0.717, 1.165) is 22.3 Å². The van der Waals surface area contributed by atoms with E-state index in [2.05, 4.69) is 12.0 Å². The predicted molar refractivity (Wildman–Crippen MR) is 59.0 cm³/mol. The van der Waals surface area contributed by atoms with Gasteiger partial charge in [0.1, 0.15) is 5.15 Å². The molecular formula is C10H14Cl2N2. The van der Waals surface area contributed by atoms with Crippen molar-refractivity contribution in [1.29, 1.82) is 0 Å². The molecule has 0 radical (unpaired) electrons. The molecule has 1 saturated carbocycles. The molecule has 2 rings (SSSR count). The van der Waals surface area contributed by atoms with Gasteiger partial charge in [0, 0.05) is 5.56 Å².